The molecular formula is C22H27N3O2. The topological polar surface area (TPSA) is 36.0 Å². The first-order valence-electron chi connectivity index (χ1n) is 9.83. The molecule has 5 heteroatoms. The molecule has 0 unspecified atom stereocenters. The van der Waals surface area contributed by atoms with E-state index in [0.717, 1.165) is 56.3 Å². The highest BCUT2D eigenvalue weighted by molar-refractivity contribution is 5.96. The number of para-hydroxylation sites is 3. The molecule has 0 radical (unpaired) electrons. The first-order valence-corrected chi connectivity index (χ1v) is 9.83. The lowest BCUT2D eigenvalue weighted by molar-refractivity contribution is -0.119. The molecule has 1 fully saturated rings. The van der Waals surface area contributed by atoms with Crippen molar-refractivity contribution in [1.82, 2.24) is 4.90 Å². The van der Waals surface area contributed by atoms with Gasteiger partial charge >= 0.3 is 0 Å². The van der Waals surface area contributed by atoms with Gasteiger partial charge in [-0.3, -0.25) is 9.69 Å². The summed E-state index contributed by atoms with van der Waals surface area (Å²) in [6.07, 6.45) is 0.962. The lowest BCUT2D eigenvalue weighted by atomic mass is 10.2. The summed E-state index contributed by atoms with van der Waals surface area (Å²) in [4.78, 5) is 19.4. The van der Waals surface area contributed by atoms with E-state index in [1.54, 1.807) is 0 Å². The molecule has 27 heavy (non-hydrogen) atoms. The maximum Gasteiger partial charge on any atom is 0.241 e. The molecule has 2 aromatic carbocycles. The molecule has 2 aliphatic heterocycles. The number of hydrogen-bond donors (Lipinski definition) is 0. The van der Waals surface area contributed by atoms with Gasteiger partial charge in [0.1, 0.15) is 5.75 Å². The third-order valence-electron chi connectivity index (χ3n) is 5.43. The Hall–Kier alpha value is -2.53. The number of fused-ring (bicyclic) bond motifs is 1. The van der Waals surface area contributed by atoms with E-state index in [2.05, 4.69) is 34.1 Å². The molecule has 0 aromatic heterocycles. The quantitative estimate of drug-likeness (QED) is 0.816. The van der Waals surface area contributed by atoms with Crippen LogP contribution in [0.15, 0.2) is 48.5 Å². The van der Waals surface area contributed by atoms with Crippen LogP contribution in [0.3, 0.4) is 0 Å². The van der Waals surface area contributed by atoms with Crippen LogP contribution in [0.4, 0.5) is 11.4 Å². The summed E-state index contributed by atoms with van der Waals surface area (Å²) in [5.41, 5.74) is 3.52. The molecule has 0 bridgehead atoms. The van der Waals surface area contributed by atoms with Crippen molar-refractivity contribution in [3.63, 3.8) is 0 Å². The van der Waals surface area contributed by atoms with Gasteiger partial charge in [0, 0.05) is 38.4 Å². The van der Waals surface area contributed by atoms with Crippen LogP contribution in [-0.2, 0) is 11.2 Å². The van der Waals surface area contributed by atoms with Crippen LogP contribution >= 0.6 is 0 Å². The third-order valence-corrected chi connectivity index (χ3v) is 5.43. The number of hydrogen-bond acceptors (Lipinski definition) is 4. The second-order valence-electron chi connectivity index (χ2n) is 7.09. The van der Waals surface area contributed by atoms with E-state index >= 15 is 0 Å². The normalized spacial score (nSPS) is 17.1. The summed E-state index contributed by atoms with van der Waals surface area (Å²) in [7, 11) is 0. The SMILES string of the molecule is CCOc1ccccc1N1CCN(CC(=O)N2CCc3ccccc32)CC1. The first-order chi connectivity index (χ1) is 13.3. The third kappa shape index (κ3) is 3.78. The molecule has 2 heterocycles. The van der Waals surface area contributed by atoms with Crippen LogP contribution in [0.1, 0.15) is 12.5 Å². The molecule has 2 aliphatic rings. The largest absolute Gasteiger partial charge is 0.492 e. The first kappa shape index (κ1) is 17.9. The van der Waals surface area contributed by atoms with Gasteiger partial charge in [-0.25, -0.2) is 0 Å². The molecule has 1 amide bonds. The van der Waals surface area contributed by atoms with Gasteiger partial charge in [0.05, 0.1) is 18.8 Å². The van der Waals surface area contributed by atoms with E-state index in [0.29, 0.717) is 13.2 Å². The van der Waals surface area contributed by atoms with Crippen molar-refractivity contribution in [1.29, 1.82) is 0 Å². The summed E-state index contributed by atoms with van der Waals surface area (Å²) in [6, 6.07) is 16.5. The van der Waals surface area contributed by atoms with Crippen LogP contribution in [0, 0.1) is 0 Å². The molecule has 142 valence electrons. The maximum absolute atomic E-state index is 12.8. The van der Waals surface area contributed by atoms with Crippen molar-refractivity contribution in [2.45, 2.75) is 13.3 Å². The number of ether oxygens (including phenoxy) is 1. The van der Waals surface area contributed by atoms with Gasteiger partial charge in [-0.1, -0.05) is 30.3 Å². The summed E-state index contributed by atoms with van der Waals surface area (Å²) in [5, 5.41) is 0. The Balaban J connectivity index is 1.35. The van der Waals surface area contributed by atoms with E-state index in [1.165, 1.54) is 5.56 Å². The molecule has 1 saturated heterocycles. The van der Waals surface area contributed by atoms with Gasteiger partial charge in [0.2, 0.25) is 5.91 Å². The molecule has 0 saturated carbocycles. The highest BCUT2D eigenvalue weighted by Gasteiger charge is 2.27. The fraction of sp³-hybridized carbons (Fsp3) is 0.409. The van der Waals surface area contributed by atoms with Crippen LogP contribution in [0.5, 0.6) is 5.75 Å². The molecule has 0 aliphatic carbocycles. The molecule has 0 atom stereocenters. The number of rotatable bonds is 5. The highest BCUT2D eigenvalue weighted by atomic mass is 16.5. The number of nitrogens with zero attached hydrogens (tertiary/aromatic N) is 3. The minimum atomic E-state index is 0.211. The van der Waals surface area contributed by atoms with Crippen LogP contribution in [0.2, 0.25) is 0 Å². The monoisotopic (exact) mass is 365 g/mol. The van der Waals surface area contributed by atoms with Crippen molar-refractivity contribution in [2.75, 3.05) is 55.7 Å². The van der Waals surface area contributed by atoms with E-state index in [4.69, 9.17) is 4.74 Å². The minimum Gasteiger partial charge on any atom is -0.492 e. The van der Waals surface area contributed by atoms with Crippen LogP contribution < -0.4 is 14.5 Å². The molecular weight excluding hydrogens is 338 g/mol. The summed E-state index contributed by atoms with van der Waals surface area (Å²) < 4.78 is 5.77. The van der Waals surface area contributed by atoms with Crippen molar-refractivity contribution in [3.8, 4) is 5.75 Å². The lowest BCUT2D eigenvalue weighted by Crippen LogP contribution is -2.50. The smallest absolute Gasteiger partial charge is 0.241 e. The number of carbonyl (C=O) groups is 1. The van der Waals surface area contributed by atoms with Gasteiger partial charge in [-0.15, -0.1) is 0 Å². The van der Waals surface area contributed by atoms with Gasteiger partial charge in [-0.2, -0.15) is 0 Å². The number of anilines is 2. The zero-order chi connectivity index (χ0) is 18.6. The predicted molar refractivity (Wildman–Crippen MR) is 109 cm³/mol. The second-order valence-corrected chi connectivity index (χ2v) is 7.09. The molecule has 2 aromatic rings. The zero-order valence-electron chi connectivity index (χ0n) is 15.9. The van der Waals surface area contributed by atoms with Crippen LogP contribution in [0.25, 0.3) is 0 Å². The number of carbonyl (C=O) groups excluding carboxylic acids is 1. The molecule has 0 N–H and O–H groups in total. The number of amides is 1. The van der Waals surface area contributed by atoms with Crippen molar-refractivity contribution < 1.29 is 9.53 Å². The number of piperazine rings is 1. The summed E-state index contributed by atoms with van der Waals surface area (Å²) >= 11 is 0. The van der Waals surface area contributed by atoms with E-state index in [-0.39, 0.29) is 5.91 Å². The summed E-state index contributed by atoms with van der Waals surface area (Å²) in [5.74, 6) is 1.15. The van der Waals surface area contributed by atoms with Gasteiger partial charge in [0.15, 0.2) is 0 Å². The second kappa shape index (κ2) is 8.01. The fourth-order valence-corrected chi connectivity index (χ4v) is 4.02. The average Bonchev–Trinajstić information content (AvgIpc) is 3.14. The predicted octanol–water partition coefficient (Wildman–Crippen LogP) is 2.80. The lowest BCUT2D eigenvalue weighted by Gasteiger charge is -2.36. The van der Waals surface area contributed by atoms with E-state index in [9.17, 15) is 4.79 Å². The zero-order valence-corrected chi connectivity index (χ0v) is 15.9. The Kier molecular flexibility index (Phi) is 5.30. The van der Waals surface area contributed by atoms with Gasteiger partial charge < -0.3 is 14.5 Å². The number of benzene rings is 2. The Morgan fingerprint density at radius 3 is 2.41 bits per heavy atom. The molecule has 0 spiro atoms. The Labute approximate surface area is 161 Å². The molecule has 4 rings (SSSR count). The van der Waals surface area contributed by atoms with Gasteiger partial charge in [0.25, 0.3) is 0 Å². The average molecular weight is 365 g/mol. The van der Waals surface area contributed by atoms with Crippen molar-refractivity contribution >= 4 is 17.3 Å². The van der Waals surface area contributed by atoms with Crippen molar-refractivity contribution in [3.05, 3.63) is 54.1 Å². The molecule has 5 nitrogen and oxygen atoms in total. The highest BCUT2D eigenvalue weighted by Crippen LogP contribution is 2.29. The van der Waals surface area contributed by atoms with Crippen LogP contribution in [-0.4, -0.2) is 56.7 Å². The Bertz CT molecular complexity index is 800. The minimum absolute atomic E-state index is 0.211. The maximum atomic E-state index is 12.8. The Morgan fingerprint density at radius 1 is 0.926 bits per heavy atom. The van der Waals surface area contributed by atoms with E-state index in [1.807, 2.05) is 36.1 Å². The summed E-state index contributed by atoms with van der Waals surface area (Å²) in [6.45, 7) is 7.58. The Morgan fingerprint density at radius 2 is 1.63 bits per heavy atom. The van der Waals surface area contributed by atoms with Gasteiger partial charge in [-0.05, 0) is 37.1 Å². The fourth-order valence-electron chi connectivity index (χ4n) is 4.02. The van der Waals surface area contributed by atoms with Crippen molar-refractivity contribution in [2.24, 2.45) is 0 Å². The standard InChI is InChI=1S/C22H27N3O2/c1-2-27-21-10-6-5-9-20(21)24-15-13-23(14-16-24)17-22(26)25-12-11-18-7-3-4-8-19(18)25/h3-10H,2,11-17H2,1H3. The van der Waals surface area contributed by atoms with E-state index < -0.39 is 0 Å².